The van der Waals surface area contributed by atoms with Crippen molar-refractivity contribution in [2.45, 2.75) is 314 Å². The lowest BCUT2D eigenvalue weighted by Gasteiger charge is -2.40. The van der Waals surface area contributed by atoms with Crippen molar-refractivity contribution in [3.05, 3.63) is 97.2 Å². The Morgan fingerprint density at radius 2 is 0.759 bits per heavy atom. The van der Waals surface area contributed by atoms with Gasteiger partial charge in [0, 0.05) is 19.3 Å². The first-order valence-electron chi connectivity index (χ1n) is 33.2. The Morgan fingerprint density at radius 1 is 0.410 bits per heavy atom. The quantitative estimate of drug-likeness (QED) is 0.0228. The van der Waals surface area contributed by atoms with Crippen LogP contribution in [0.5, 0.6) is 0 Å². The highest BCUT2D eigenvalue weighted by molar-refractivity contribution is 5.74. The number of unbranched alkanes of at least 4 members (excludes halogenated alkanes) is 26. The van der Waals surface area contributed by atoms with Crippen LogP contribution >= 0.6 is 0 Å². The van der Waals surface area contributed by atoms with E-state index >= 15 is 0 Å². The first-order valence-corrected chi connectivity index (χ1v) is 33.2. The molecule has 1 aliphatic rings. The van der Waals surface area contributed by atoms with E-state index in [2.05, 4.69) is 118 Å². The van der Waals surface area contributed by atoms with Crippen molar-refractivity contribution in [2.24, 2.45) is 0 Å². The number of hydrogen-bond donors (Lipinski definition) is 3. The van der Waals surface area contributed by atoms with Gasteiger partial charge in [-0.05, 0) is 122 Å². The molecule has 0 spiro atoms. The monoisotopic (exact) mass is 1160 g/mol. The van der Waals surface area contributed by atoms with E-state index in [-0.39, 0.29) is 25.9 Å². The zero-order chi connectivity index (χ0) is 60.3. The van der Waals surface area contributed by atoms with E-state index in [0.29, 0.717) is 19.3 Å². The maximum absolute atomic E-state index is 13.2. The number of aliphatic hydroxyl groups is 2. The second-order valence-electron chi connectivity index (χ2n) is 22.4. The van der Waals surface area contributed by atoms with Crippen LogP contribution in [0, 0.1) is 0 Å². The molecule has 12 heteroatoms. The summed E-state index contributed by atoms with van der Waals surface area (Å²) in [7, 11) is 0. The fraction of sp³-hybridized carbons (Fsp3) is 0.718. The summed E-state index contributed by atoms with van der Waals surface area (Å²) in [5.74, 6) is -3.17. The molecule has 0 aromatic carbocycles. The van der Waals surface area contributed by atoms with Crippen molar-refractivity contribution in [3.8, 4) is 0 Å². The standard InChI is InChI=1S/C71H118O12/c1-4-7-10-13-16-19-22-25-28-31-32-35-36-39-42-45-48-51-54-57-63(72)79-60-62(81-64(73)58-55-52-49-46-43-40-37-33-29-26-23-20-17-14-11-8-5-2)61-80-71-69(67(76)66(75)68(83-71)70(77)78)82-65(74)59-56-53-50-47-44-41-38-34-30-27-24-21-18-15-12-9-6-3/h9,12,16,18-19,21,25-30,32,35,38,41,62,66-69,71,75-76H,4-8,10-11,13-15,17,20,22-24,31,33-34,36-37,39-40,42-61H2,1-3H3,(H,77,78)/b12-9-,19-16-,21-18-,28-25-,29-26-,30-27-,35-32-,41-38-. The molecule has 1 aliphatic heterocycles. The van der Waals surface area contributed by atoms with Gasteiger partial charge in [-0.15, -0.1) is 0 Å². The molecule has 1 rings (SSSR count). The molecule has 6 atom stereocenters. The summed E-state index contributed by atoms with van der Waals surface area (Å²) in [6.07, 6.45) is 65.0. The number of carboxylic acids is 1. The average molecular weight is 1160 g/mol. The third kappa shape index (κ3) is 47.6. The topological polar surface area (TPSA) is 175 Å². The molecule has 3 N–H and O–H groups in total. The minimum Gasteiger partial charge on any atom is -0.479 e. The van der Waals surface area contributed by atoms with E-state index < -0.39 is 67.3 Å². The van der Waals surface area contributed by atoms with Gasteiger partial charge in [0.25, 0.3) is 0 Å². The summed E-state index contributed by atoms with van der Waals surface area (Å²) >= 11 is 0. The van der Waals surface area contributed by atoms with Gasteiger partial charge in [-0.1, -0.05) is 234 Å². The van der Waals surface area contributed by atoms with E-state index in [4.69, 9.17) is 23.7 Å². The fourth-order valence-corrected chi connectivity index (χ4v) is 9.54. The van der Waals surface area contributed by atoms with Crippen molar-refractivity contribution in [3.63, 3.8) is 0 Å². The Bertz CT molecular complexity index is 1810. The highest BCUT2D eigenvalue weighted by Gasteiger charge is 2.50. The summed E-state index contributed by atoms with van der Waals surface area (Å²) in [5, 5.41) is 31.6. The van der Waals surface area contributed by atoms with Crippen molar-refractivity contribution in [2.75, 3.05) is 13.2 Å². The van der Waals surface area contributed by atoms with Gasteiger partial charge in [0.05, 0.1) is 6.61 Å². The minimum absolute atomic E-state index is 0.0272. The van der Waals surface area contributed by atoms with Gasteiger partial charge in [-0.2, -0.15) is 0 Å². The molecule has 0 aromatic rings. The third-order valence-corrected chi connectivity index (χ3v) is 14.6. The molecule has 1 heterocycles. The smallest absolute Gasteiger partial charge is 0.335 e. The van der Waals surface area contributed by atoms with E-state index in [1.54, 1.807) is 0 Å². The van der Waals surface area contributed by atoms with Gasteiger partial charge >= 0.3 is 23.9 Å². The van der Waals surface area contributed by atoms with Crippen LogP contribution in [0.25, 0.3) is 0 Å². The molecule has 0 aromatic heterocycles. The van der Waals surface area contributed by atoms with E-state index in [1.165, 1.54) is 83.5 Å². The van der Waals surface area contributed by atoms with Crippen LogP contribution in [-0.4, -0.2) is 89.2 Å². The largest absolute Gasteiger partial charge is 0.479 e. The second-order valence-corrected chi connectivity index (χ2v) is 22.4. The molecule has 83 heavy (non-hydrogen) atoms. The molecular weight excluding hydrogens is 1040 g/mol. The van der Waals surface area contributed by atoms with Crippen molar-refractivity contribution >= 4 is 23.9 Å². The van der Waals surface area contributed by atoms with Crippen LogP contribution < -0.4 is 0 Å². The fourth-order valence-electron chi connectivity index (χ4n) is 9.54. The molecule has 0 amide bonds. The van der Waals surface area contributed by atoms with Crippen LogP contribution in [0.2, 0.25) is 0 Å². The number of esters is 3. The number of allylic oxidation sites excluding steroid dienone is 16. The normalized spacial score (nSPS) is 18.2. The number of carboxylic acid groups (broad SMARTS) is 1. The average Bonchev–Trinajstić information content (AvgIpc) is 3.55. The Balaban J connectivity index is 2.69. The number of carbonyl (C=O) groups is 4. The van der Waals surface area contributed by atoms with Gasteiger partial charge in [0.1, 0.15) is 18.8 Å². The summed E-state index contributed by atoms with van der Waals surface area (Å²) in [5.41, 5.74) is 0. The van der Waals surface area contributed by atoms with Crippen molar-refractivity contribution < 1.29 is 58.2 Å². The molecule has 474 valence electrons. The zero-order valence-corrected chi connectivity index (χ0v) is 52.4. The van der Waals surface area contributed by atoms with E-state index in [1.807, 2.05) is 0 Å². The number of ether oxygens (including phenoxy) is 5. The number of hydrogen-bond acceptors (Lipinski definition) is 11. The predicted molar refractivity (Wildman–Crippen MR) is 340 cm³/mol. The molecular formula is C71H118O12. The lowest BCUT2D eigenvalue weighted by molar-refractivity contribution is -0.301. The third-order valence-electron chi connectivity index (χ3n) is 14.6. The van der Waals surface area contributed by atoms with Crippen LogP contribution in [0.4, 0.5) is 0 Å². The lowest BCUT2D eigenvalue weighted by Crippen LogP contribution is -2.61. The Labute approximate surface area is 504 Å². The number of aliphatic carboxylic acids is 1. The van der Waals surface area contributed by atoms with Gasteiger partial charge in [0.15, 0.2) is 24.6 Å². The molecule has 6 unspecified atom stereocenters. The van der Waals surface area contributed by atoms with Crippen LogP contribution in [-0.2, 0) is 42.9 Å². The second kappa shape index (κ2) is 58.0. The minimum atomic E-state index is -1.92. The Kier molecular flexibility index (Phi) is 53.6. The maximum atomic E-state index is 13.2. The molecule has 0 radical (unpaired) electrons. The van der Waals surface area contributed by atoms with Gasteiger partial charge in [-0.25, -0.2) is 4.79 Å². The van der Waals surface area contributed by atoms with Gasteiger partial charge < -0.3 is 39.0 Å². The Morgan fingerprint density at radius 3 is 1.19 bits per heavy atom. The lowest BCUT2D eigenvalue weighted by atomic mass is 9.98. The van der Waals surface area contributed by atoms with Crippen molar-refractivity contribution in [1.82, 2.24) is 0 Å². The highest BCUT2D eigenvalue weighted by atomic mass is 16.7. The summed E-state index contributed by atoms with van der Waals surface area (Å²) < 4.78 is 28.5. The number of carbonyl (C=O) groups excluding carboxylic acids is 3. The molecule has 1 saturated heterocycles. The first-order chi connectivity index (χ1) is 40.6. The van der Waals surface area contributed by atoms with Gasteiger partial charge in [0.2, 0.25) is 0 Å². The number of aliphatic hydroxyl groups excluding tert-OH is 2. The Hall–Kier alpha value is -4.36. The molecule has 12 nitrogen and oxygen atoms in total. The highest BCUT2D eigenvalue weighted by Crippen LogP contribution is 2.26. The molecule has 0 saturated carbocycles. The molecule has 0 aliphatic carbocycles. The number of rotatable bonds is 56. The van der Waals surface area contributed by atoms with Gasteiger partial charge in [-0.3, -0.25) is 14.4 Å². The maximum Gasteiger partial charge on any atom is 0.335 e. The summed E-state index contributed by atoms with van der Waals surface area (Å²) in [6, 6.07) is 0. The predicted octanol–water partition coefficient (Wildman–Crippen LogP) is 18.0. The summed E-state index contributed by atoms with van der Waals surface area (Å²) in [6.45, 7) is 5.85. The van der Waals surface area contributed by atoms with Crippen LogP contribution in [0.3, 0.4) is 0 Å². The SMILES string of the molecule is CC/C=C\C/C=C\C/C=C\C/C=C\CCCCCCC(=O)OC1C(OCC(COC(=O)CCCCCCCC/C=C\C/C=C\C/C=C\CCCCC)OC(=O)CCCCCCCCC/C=C\CCCCCCCC)OC(C(=O)O)C(O)C1O. The van der Waals surface area contributed by atoms with Crippen molar-refractivity contribution in [1.29, 1.82) is 0 Å². The van der Waals surface area contributed by atoms with Crippen LogP contribution in [0.15, 0.2) is 97.2 Å². The van der Waals surface area contributed by atoms with Crippen LogP contribution in [0.1, 0.15) is 278 Å². The first kappa shape index (κ1) is 76.7. The molecule has 1 fully saturated rings. The van der Waals surface area contributed by atoms with E-state index in [0.717, 1.165) is 135 Å². The molecule has 0 bridgehead atoms. The van der Waals surface area contributed by atoms with E-state index in [9.17, 15) is 34.5 Å². The summed E-state index contributed by atoms with van der Waals surface area (Å²) in [4.78, 5) is 51.4. The zero-order valence-electron chi connectivity index (χ0n) is 52.4.